The van der Waals surface area contributed by atoms with Crippen molar-refractivity contribution in [2.45, 2.75) is 68.0 Å². The highest BCUT2D eigenvalue weighted by Gasteiger charge is 2.51. The van der Waals surface area contributed by atoms with Gasteiger partial charge >= 0.3 is 5.97 Å². The molecule has 2 saturated heterocycles. The van der Waals surface area contributed by atoms with E-state index in [1.165, 1.54) is 18.2 Å². The Morgan fingerprint density at radius 3 is 2.15 bits per heavy atom. The average molecular weight is 579 g/mol. The van der Waals surface area contributed by atoms with E-state index < -0.39 is 80.6 Å². The zero-order valence-corrected chi connectivity index (χ0v) is 21.8. The van der Waals surface area contributed by atoms with Crippen molar-refractivity contribution in [1.82, 2.24) is 0 Å². The van der Waals surface area contributed by atoms with Crippen LogP contribution in [0.4, 0.5) is 0 Å². The van der Waals surface area contributed by atoms with Gasteiger partial charge in [0.1, 0.15) is 61.2 Å². The largest absolute Gasteiger partial charge is 0.508 e. The van der Waals surface area contributed by atoms with Gasteiger partial charge in [-0.25, -0.2) is 4.79 Å². The summed E-state index contributed by atoms with van der Waals surface area (Å²) >= 11 is 0. The Morgan fingerprint density at radius 1 is 0.805 bits per heavy atom. The summed E-state index contributed by atoms with van der Waals surface area (Å²) in [6.07, 6.45) is -13.0. The number of phenols is 1. The SMILES string of the molecule is O=C(/C=C/c1ccc(O)cc1)OC[C@H]1O[C@@H](OCc2ccccc2)[C@H](O)[C@@H](O)[C@@H]1O[C@@H]1O[C@H](CO)[C@@H](O)[C@H](O)[C@H]1O. The van der Waals surface area contributed by atoms with E-state index in [1.54, 1.807) is 36.4 Å². The molecule has 0 aliphatic carbocycles. The van der Waals surface area contributed by atoms with Crippen molar-refractivity contribution in [2.75, 3.05) is 13.2 Å². The first kappa shape index (κ1) is 31.0. The molecule has 2 heterocycles. The summed E-state index contributed by atoms with van der Waals surface area (Å²) in [5.41, 5.74) is 1.38. The van der Waals surface area contributed by atoms with Gasteiger partial charge in [0.15, 0.2) is 12.6 Å². The van der Waals surface area contributed by atoms with Gasteiger partial charge in [-0.15, -0.1) is 0 Å². The Morgan fingerprint density at radius 2 is 1.46 bits per heavy atom. The number of ether oxygens (including phenoxy) is 5. The minimum atomic E-state index is -1.79. The van der Waals surface area contributed by atoms with Gasteiger partial charge < -0.3 is 59.4 Å². The van der Waals surface area contributed by atoms with Gasteiger partial charge in [0.05, 0.1) is 13.2 Å². The molecule has 41 heavy (non-hydrogen) atoms. The van der Waals surface area contributed by atoms with Gasteiger partial charge in [-0.05, 0) is 29.3 Å². The first-order valence-electron chi connectivity index (χ1n) is 12.9. The second-order valence-corrected chi connectivity index (χ2v) is 9.67. The zero-order chi connectivity index (χ0) is 29.5. The molecule has 7 N–H and O–H groups in total. The minimum absolute atomic E-state index is 0.0232. The molecule has 0 radical (unpaired) electrons. The normalized spacial score (nSPS) is 34.0. The smallest absolute Gasteiger partial charge is 0.330 e. The summed E-state index contributed by atoms with van der Waals surface area (Å²) in [4.78, 5) is 12.4. The van der Waals surface area contributed by atoms with Crippen molar-refractivity contribution in [2.24, 2.45) is 0 Å². The van der Waals surface area contributed by atoms with Gasteiger partial charge in [-0.1, -0.05) is 42.5 Å². The van der Waals surface area contributed by atoms with E-state index in [4.69, 9.17) is 23.7 Å². The van der Waals surface area contributed by atoms with Crippen LogP contribution in [0.5, 0.6) is 5.75 Å². The Balaban J connectivity index is 1.47. The number of rotatable bonds is 10. The van der Waals surface area contributed by atoms with Crippen LogP contribution in [0, 0.1) is 0 Å². The number of phenolic OH excluding ortho intramolecular Hbond substituents is 1. The molecular weight excluding hydrogens is 544 g/mol. The number of aliphatic hydroxyl groups excluding tert-OH is 6. The lowest BCUT2D eigenvalue weighted by molar-refractivity contribution is -0.360. The maximum absolute atomic E-state index is 12.4. The van der Waals surface area contributed by atoms with Crippen LogP contribution in [-0.2, 0) is 35.1 Å². The fraction of sp³-hybridized carbons (Fsp3) is 0.464. The topological polar surface area (TPSA) is 205 Å². The summed E-state index contributed by atoms with van der Waals surface area (Å²) in [5.74, 6) is -0.718. The van der Waals surface area contributed by atoms with Crippen LogP contribution in [0.3, 0.4) is 0 Å². The van der Waals surface area contributed by atoms with Gasteiger partial charge in [0.25, 0.3) is 0 Å². The number of carbonyl (C=O) groups is 1. The van der Waals surface area contributed by atoms with Crippen molar-refractivity contribution < 1.29 is 64.2 Å². The molecule has 224 valence electrons. The van der Waals surface area contributed by atoms with E-state index in [1.807, 2.05) is 6.07 Å². The molecule has 0 saturated carbocycles. The molecule has 13 heteroatoms. The Hall–Kier alpha value is -2.95. The Labute approximate surface area is 235 Å². The molecule has 2 aliphatic rings. The molecule has 0 spiro atoms. The minimum Gasteiger partial charge on any atom is -0.508 e. The highest BCUT2D eigenvalue weighted by atomic mass is 16.7. The van der Waals surface area contributed by atoms with Gasteiger partial charge in [-0.2, -0.15) is 0 Å². The summed E-state index contributed by atoms with van der Waals surface area (Å²) < 4.78 is 27.9. The second kappa shape index (κ2) is 14.3. The van der Waals surface area contributed by atoms with Crippen molar-refractivity contribution in [3.63, 3.8) is 0 Å². The van der Waals surface area contributed by atoms with Gasteiger partial charge in [-0.3, -0.25) is 0 Å². The number of hydrogen-bond acceptors (Lipinski definition) is 13. The predicted octanol–water partition coefficient (Wildman–Crippen LogP) is -1.20. The standard InChI is InChI=1S/C28H34O13/c29-12-18-21(32)22(33)24(35)28(39-18)41-26-19(14-37-20(31)11-8-15-6-9-17(30)10-7-15)40-27(25(36)23(26)34)38-13-16-4-2-1-3-5-16/h1-11,18-19,21-30,32-36H,12-14H2/b11-8+/t18-,19-,21-,22+,23-,24-,25-,26-,27-,28+/m1/s1. The highest BCUT2D eigenvalue weighted by Crippen LogP contribution is 2.30. The lowest BCUT2D eigenvalue weighted by Gasteiger charge is -2.46. The van der Waals surface area contributed by atoms with Gasteiger partial charge in [0.2, 0.25) is 0 Å². The predicted molar refractivity (Wildman–Crippen MR) is 139 cm³/mol. The van der Waals surface area contributed by atoms with E-state index in [0.29, 0.717) is 5.56 Å². The van der Waals surface area contributed by atoms with Crippen LogP contribution in [0.1, 0.15) is 11.1 Å². The summed E-state index contributed by atoms with van der Waals surface area (Å²) in [7, 11) is 0. The molecule has 0 bridgehead atoms. The van der Waals surface area contributed by atoms with Crippen molar-refractivity contribution in [3.8, 4) is 5.75 Å². The quantitative estimate of drug-likeness (QED) is 0.131. The lowest BCUT2D eigenvalue weighted by Crippen LogP contribution is -2.64. The molecule has 2 aromatic rings. The monoisotopic (exact) mass is 578 g/mol. The van der Waals surface area contributed by atoms with Crippen LogP contribution in [0.15, 0.2) is 60.7 Å². The second-order valence-electron chi connectivity index (χ2n) is 9.67. The third-order valence-electron chi connectivity index (χ3n) is 6.73. The summed E-state index contributed by atoms with van der Waals surface area (Å²) in [6, 6.07) is 15.1. The molecule has 4 rings (SSSR count). The molecule has 0 amide bonds. The maximum Gasteiger partial charge on any atom is 0.330 e. The van der Waals surface area contributed by atoms with E-state index in [9.17, 15) is 40.5 Å². The Kier molecular flexibility index (Phi) is 10.8. The Bertz CT molecular complexity index is 1130. The van der Waals surface area contributed by atoms with Crippen molar-refractivity contribution in [3.05, 3.63) is 71.8 Å². The first-order valence-corrected chi connectivity index (χ1v) is 12.9. The number of benzene rings is 2. The van der Waals surface area contributed by atoms with Gasteiger partial charge in [0, 0.05) is 6.08 Å². The third kappa shape index (κ3) is 7.87. The zero-order valence-electron chi connectivity index (χ0n) is 21.8. The summed E-state index contributed by atoms with van der Waals surface area (Å²) in [6.45, 7) is -1.17. The highest BCUT2D eigenvalue weighted by molar-refractivity contribution is 5.87. The maximum atomic E-state index is 12.4. The molecular formula is C28H34O13. The molecule has 13 nitrogen and oxygen atoms in total. The number of carbonyl (C=O) groups excluding carboxylic acids is 1. The number of aliphatic hydroxyl groups is 6. The van der Waals surface area contributed by atoms with E-state index in [0.717, 1.165) is 11.6 Å². The molecule has 0 aromatic heterocycles. The van der Waals surface area contributed by atoms with Crippen LogP contribution < -0.4 is 0 Å². The van der Waals surface area contributed by atoms with Crippen LogP contribution >= 0.6 is 0 Å². The molecule has 2 aliphatic heterocycles. The van der Waals surface area contributed by atoms with Crippen molar-refractivity contribution >= 4 is 12.0 Å². The van der Waals surface area contributed by atoms with Crippen LogP contribution in [0.25, 0.3) is 6.08 Å². The molecule has 2 aromatic carbocycles. The lowest BCUT2D eigenvalue weighted by atomic mass is 9.97. The fourth-order valence-electron chi connectivity index (χ4n) is 4.39. The van der Waals surface area contributed by atoms with Crippen LogP contribution in [0.2, 0.25) is 0 Å². The molecule has 10 atom stereocenters. The third-order valence-corrected chi connectivity index (χ3v) is 6.73. The van der Waals surface area contributed by atoms with E-state index in [2.05, 4.69) is 0 Å². The number of esters is 1. The number of hydrogen-bond donors (Lipinski definition) is 7. The van der Waals surface area contributed by atoms with Crippen molar-refractivity contribution in [1.29, 1.82) is 0 Å². The summed E-state index contributed by atoms with van der Waals surface area (Å²) in [5, 5.41) is 71.2. The number of aromatic hydroxyl groups is 1. The molecule has 2 fully saturated rings. The first-order chi connectivity index (χ1) is 19.7. The van der Waals surface area contributed by atoms with E-state index in [-0.39, 0.29) is 12.4 Å². The van der Waals surface area contributed by atoms with E-state index >= 15 is 0 Å². The molecule has 0 unspecified atom stereocenters. The van der Waals surface area contributed by atoms with Crippen LogP contribution in [-0.4, -0.2) is 116 Å². The average Bonchev–Trinajstić information content (AvgIpc) is 2.98. The fourth-order valence-corrected chi connectivity index (χ4v) is 4.39.